The molecule has 2 aromatic carbocycles. The van der Waals surface area contributed by atoms with Crippen molar-refractivity contribution in [2.24, 2.45) is 10.7 Å². The number of hydrogen-bond acceptors (Lipinski definition) is 4. The molecule has 1 atom stereocenters. The third-order valence-corrected chi connectivity index (χ3v) is 4.40. The number of nitrogens with one attached hydrogen (secondary N) is 1. The van der Waals surface area contributed by atoms with Gasteiger partial charge in [0.15, 0.2) is 11.8 Å². The van der Waals surface area contributed by atoms with Gasteiger partial charge < -0.3 is 15.5 Å². The first-order valence-corrected chi connectivity index (χ1v) is 8.48. The molecule has 0 radical (unpaired) electrons. The van der Waals surface area contributed by atoms with Crippen molar-refractivity contribution < 1.29 is 14.0 Å². The van der Waals surface area contributed by atoms with Crippen molar-refractivity contribution in [3.8, 4) is 0 Å². The van der Waals surface area contributed by atoms with Crippen molar-refractivity contribution in [3.63, 3.8) is 0 Å². The van der Waals surface area contributed by atoms with Crippen LogP contribution in [-0.4, -0.2) is 17.5 Å². The zero-order valence-corrected chi connectivity index (χ0v) is 14.6. The molecule has 2 amide bonds. The maximum Gasteiger partial charge on any atom is 0.284 e. The Kier molecular flexibility index (Phi) is 4.08. The zero-order valence-electron chi connectivity index (χ0n) is 14.6. The number of furan rings is 1. The van der Waals surface area contributed by atoms with Crippen LogP contribution in [-0.2, 0) is 4.79 Å². The maximum atomic E-state index is 12.9. The summed E-state index contributed by atoms with van der Waals surface area (Å²) in [5.41, 5.74) is 8.79. The van der Waals surface area contributed by atoms with E-state index in [0.29, 0.717) is 22.7 Å². The van der Waals surface area contributed by atoms with Crippen LogP contribution in [0, 0.1) is 6.92 Å². The summed E-state index contributed by atoms with van der Waals surface area (Å²) >= 11 is 0. The number of benzodiazepines with no additional fused rings is 1. The number of benzene rings is 2. The molecular weight excluding hydrogens is 342 g/mol. The zero-order chi connectivity index (χ0) is 19.0. The summed E-state index contributed by atoms with van der Waals surface area (Å²) < 4.78 is 5.41. The number of anilines is 1. The Morgan fingerprint density at radius 3 is 2.56 bits per heavy atom. The normalized spacial score (nSPS) is 16.1. The van der Waals surface area contributed by atoms with Crippen LogP contribution in [0.2, 0.25) is 0 Å². The molecule has 0 fully saturated rings. The van der Waals surface area contributed by atoms with Gasteiger partial charge in [-0.25, -0.2) is 0 Å². The average Bonchev–Trinajstić information content (AvgIpc) is 2.98. The van der Waals surface area contributed by atoms with E-state index in [2.05, 4.69) is 5.32 Å². The molecule has 2 heterocycles. The second-order valence-corrected chi connectivity index (χ2v) is 6.29. The quantitative estimate of drug-likeness (QED) is 0.751. The molecule has 0 bridgehead atoms. The van der Waals surface area contributed by atoms with Gasteiger partial charge in [0.25, 0.3) is 11.8 Å². The van der Waals surface area contributed by atoms with E-state index in [0.717, 1.165) is 11.1 Å². The molecular formula is C21H17N3O3. The minimum atomic E-state index is -0.951. The molecule has 6 nitrogen and oxygen atoms in total. The van der Waals surface area contributed by atoms with Gasteiger partial charge >= 0.3 is 0 Å². The number of fused-ring (bicyclic) bond motifs is 1. The van der Waals surface area contributed by atoms with E-state index in [4.69, 9.17) is 15.1 Å². The molecule has 1 aromatic heterocycles. The molecule has 3 N–H and O–H groups in total. The van der Waals surface area contributed by atoms with Crippen LogP contribution >= 0.6 is 0 Å². The van der Waals surface area contributed by atoms with Crippen LogP contribution in [0.4, 0.5) is 5.69 Å². The Hall–Kier alpha value is -3.67. The molecule has 0 saturated heterocycles. The van der Waals surface area contributed by atoms with E-state index in [-0.39, 0.29) is 11.7 Å². The van der Waals surface area contributed by atoms with E-state index in [1.807, 2.05) is 54.6 Å². The average molecular weight is 359 g/mol. The number of nitrogens with two attached hydrogens (primary N) is 1. The van der Waals surface area contributed by atoms with Crippen molar-refractivity contribution >= 4 is 23.2 Å². The van der Waals surface area contributed by atoms with Crippen LogP contribution in [0.3, 0.4) is 0 Å². The Balaban J connectivity index is 1.94. The molecule has 6 heteroatoms. The Labute approximate surface area is 155 Å². The van der Waals surface area contributed by atoms with Gasteiger partial charge in [-0.1, -0.05) is 48.5 Å². The lowest BCUT2D eigenvalue weighted by atomic mass is 10.0. The molecule has 4 rings (SSSR count). The van der Waals surface area contributed by atoms with Gasteiger partial charge in [-0.2, -0.15) is 0 Å². The maximum absolute atomic E-state index is 12.9. The highest BCUT2D eigenvalue weighted by Gasteiger charge is 2.31. The standard InChI is InChI=1S/C21H17N3O3/c1-12-11-15(19(27-12)20(22)25)18-21(26)23-16-10-6-5-9-14(16)17(24-18)13-7-3-2-4-8-13/h2-11,18H,1H3,(H2,22,25)(H,23,26). The van der Waals surface area contributed by atoms with Crippen LogP contribution < -0.4 is 11.1 Å². The van der Waals surface area contributed by atoms with E-state index in [1.165, 1.54) is 0 Å². The predicted octanol–water partition coefficient (Wildman–Crippen LogP) is 3.22. The highest BCUT2D eigenvalue weighted by Crippen LogP contribution is 2.32. The SMILES string of the molecule is Cc1cc(C2N=C(c3ccccc3)c3ccccc3NC2=O)c(C(N)=O)o1. The summed E-state index contributed by atoms with van der Waals surface area (Å²) in [7, 11) is 0. The summed E-state index contributed by atoms with van der Waals surface area (Å²) in [6.07, 6.45) is 0. The van der Waals surface area contributed by atoms with Crippen LogP contribution in [0.15, 0.2) is 70.1 Å². The highest BCUT2D eigenvalue weighted by atomic mass is 16.3. The van der Waals surface area contributed by atoms with Gasteiger partial charge in [0.2, 0.25) is 0 Å². The topological polar surface area (TPSA) is 97.7 Å². The number of aliphatic imine (C=N–C) groups is 1. The molecule has 134 valence electrons. The molecule has 3 aromatic rings. The van der Waals surface area contributed by atoms with Crippen molar-refractivity contribution in [2.75, 3.05) is 5.32 Å². The summed E-state index contributed by atoms with van der Waals surface area (Å²) in [5.74, 6) is -0.639. The fourth-order valence-electron chi connectivity index (χ4n) is 3.22. The van der Waals surface area contributed by atoms with Crippen molar-refractivity contribution in [1.82, 2.24) is 0 Å². The van der Waals surface area contributed by atoms with Crippen molar-refractivity contribution in [1.29, 1.82) is 0 Å². The summed E-state index contributed by atoms with van der Waals surface area (Å²) in [6, 6.07) is 17.7. The second kappa shape index (κ2) is 6.57. The number of primary amides is 1. The number of rotatable bonds is 3. The van der Waals surface area contributed by atoms with Crippen LogP contribution in [0.25, 0.3) is 0 Å². The minimum Gasteiger partial charge on any atom is -0.456 e. The first kappa shape index (κ1) is 16.8. The third-order valence-electron chi connectivity index (χ3n) is 4.40. The summed E-state index contributed by atoms with van der Waals surface area (Å²) in [5, 5.41) is 2.90. The minimum absolute atomic E-state index is 0.0465. The largest absolute Gasteiger partial charge is 0.456 e. The number of hydrogen-bond donors (Lipinski definition) is 2. The molecule has 0 aliphatic carbocycles. The summed E-state index contributed by atoms with van der Waals surface area (Å²) in [4.78, 5) is 29.4. The monoisotopic (exact) mass is 359 g/mol. The van der Waals surface area contributed by atoms with Gasteiger partial charge in [-0.05, 0) is 19.1 Å². The second-order valence-electron chi connectivity index (χ2n) is 6.29. The smallest absolute Gasteiger partial charge is 0.284 e. The highest BCUT2D eigenvalue weighted by molar-refractivity contribution is 6.19. The predicted molar refractivity (Wildman–Crippen MR) is 102 cm³/mol. The Morgan fingerprint density at radius 1 is 1.11 bits per heavy atom. The van der Waals surface area contributed by atoms with Crippen LogP contribution in [0.1, 0.15) is 39.0 Å². The molecule has 27 heavy (non-hydrogen) atoms. The fourth-order valence-corrected chi connectivity index (χ4v) is 3.22. The molecule has 1 aliphatic rings. The lowest BCUT2D eigenvalue weighted by Crippen LogP contribution is -2.21. The number of amides is 2. The van der Waals surface area contributed by atoms with E-state index < -0.39 is 11.9 Å². The molecule has 0 spiro atoms. The molecule has 0 saturated carbocycles. The van der Waals surface area contributed by atoms with E-state index >= 15 is 0 Å². The third kappa shape index (κ3) is 3.01. The van der Waals surface area contributed by atoms with Gasteiger partial charge in [0, 0.05) is 16.7 Å². The molecule has 1 aliphatic heterocycles. The van der Waals surface area contributed by atoms with Crippen LogP contribution in [0.5, 0.6) is 0 Å². The van der Waals surface area contributed by atoms with Gasteiger partial charge in [0.05, 0.1) is 11.4 Å². The first-order valence-electron chi connectivity index (χ1n) is 8.48. The lowest BCUT2D eigenvalue weighted by molar-refractivity contribution is -0.117. The Bertz CT molecular complexity index is 1070. The Morgan fingerprint density at radius 2 is 1.81 bits per heavy atom. The van der Waals surface area contributed by atoms with Gasteiger partial charge in [-0.15, -0.1) is 0 Å². The number of carbonyl (C=O) groups is 2. The lowest BCUT2D eigenvalue weighted by Gasteiger charge is -2.10. The van der Waals surface area contributed by atoms with Gasteiger partial charge in [0.1, 0.15) is 5.76 Å². The van der Waals surface area contributed by atoms with E-state index in [1.54, 1.807) is 13.0 Å². The van der Waals surface area contributed by atoms with E-state index in [9.17, 15) is 9.59 Å². The first-order chi connectivity index (χ1) is 13.0. The number of nitrogens with zero attached hydrogens (tertiary/aromatic N) is 1. The number of para-hydroxylation sites is 1. The van der Waals surface area contributed by atoms with Crippen molar-refractivity contribution in [2.45, 2.75) is 13.0 Å². The fraction of sp³-hybridized carbons (Fsp3) is 0.0952. The number of aryl methyl sites for hydroxylation is 1. The van der Waals surface area contributed by atoms with Crippen molar-refractivity contribution in [3.05, 3.63) is 88.9 Å². The number of carbonyl (C=O) groups excluding carboxylic acids is 2. The van der Waals surface area contributed by atoms with Gasteiger partial charge in [-0.3, -0.25) is 14.6 Å². The summed E-state index contributed by atoms with van der Waals surface area (Å²) in [6.45, 7) is 1.70. The molecule has 1 unspecified atom stereocenters.